The third-order valence-electron chi connectivity index (χ3n) is 6.78. The van der Waals surface area contributed by atoms with E-state index in [0.29, 0.717) is 45.1 Å². The van der Waals surface area contributed by atoms with Gasteiger partial charge in [0.15, 0.2) is 6.61 Å². The maximum Gasteiger partial charge on any atom is 0.323 e. The highest BCUT2D eigenvalue weighted by Gasteiger charge is 2.36. The van der Waals surface area contributed by atoms with Gasteiger partial charge in [0.05, 0.1) is 32.1 Å². The fourth-order valence-electron chi connectivity index (χ4n) is 4.84. The third kappa shape index (κ3) is 6.60. The minimum Gasteiger partial charge on any atom is -0.497 e. The number of benzene rings is 2. The molecule has 1 amide bonds. The Bertz CT molecular complexity index is 1060. The van der Waals surface area contributed by atoms with Gasteiger partial charge >= 0.3 is 5.97 Å². The molecule has 0 aromatic heterocycles. The van der Waals surface area contributed by atoms with E-state index in [4.69, 9.17) is 23.7 Å². The second kappa shape index (κ2) is 12.9. The predicted octanol–water partition coefficient (Wildman–Crippen LogP) is 3.05. The normalized spacial score (nSPS) is 21.2. The number of esters is 1. The fourth-order valence-corrected chi connectivity index (χ4v) is 4.84. The molecule has 9 heteroatoms. The van der Waals surface area contributed by atoms with Crippen molar-refractivity contribution in [3.8, 4) is 11.5 Å². The number of hydrogen-bond donors (Lipinski definition) is 1. The van der Waals surface area contributed by atoms with Crippen molar-refractivity contribution in [3.05, 3.63) is 53.6 Å². The van der Waals surface area contributed by atoms with Crippen molar-refractivity contribution in [1.82, 2.24) is 5.32 Å². The van der Waals surface area contributed by atoms with E-state index in [2.05, 4.69) is 5.32 Å². The van der Waals surface area contributed by atoms with E-state index >= 15 is 0 Å². The van der Waals surface area contributed by atoms with Gasteiger partial charge in [-0.15, -0.1) is 0 Å². The standard InChI is InChI=1S/C28H36N2O7/c1-4-35-28(32)23-15-22(20-7-9-21(34-3)10-8-20)26(16-29-23)36-17-19-6-11-25-24(14-19)30(12-5-13-33-2)27(31)18-37-25/h6-11,14,22-23,26,29H,4-5,12-13,15-18H2,1-3H3/t22-,23-,26+/m1/s1. The van der Waals surface area contributed by atoms with Gasteiger partial charge in [-0.05, 0) is 55.2 Å². The number of piperidine rings is 1. The second-order valence-electron chi connectivity index (χ2n) is 9.16. The number of anilines is 1. The molecule has 0 radical (unpaired) electrons. The van der Waals surface area contributed by atoms with Crippen molar-refractivity contribution in [2.24, 2.45) is 0 Å². The largest absolute Gasteiger partial charge is 0.497 e. The molecule has 1 fully saturated rings. The molecule has 2 aromatic rings. The Balaban J connectivity index is 1.49. The molecule has 0 unspecified atom stereocenters. The van der Waals surface area contributed by atoms with Crippen LogP contribution in [0.3, 0.4) is 0 Å². The molecule has 0 saturated carbocycles. The average molecular weight is 513 g/mol. The van der Waals surface area contributed by atoms with Gasteiger partial charge in [-0.2, -0.15) is 0 Å². The number of carbonyl (C=O) groups is 2. The van der Waals surface area contributed by atoms with Crippen LogP contribution < -0.4 is 19.7 Å². The summed E-state index contributed by atoms with van der Waals surface area (Å²) in [6, 6.07) is 13.3. The van der Waals surface area contributed by atoms with Crippen LogP contribution in [0.2, 0.25) is 0 Å². The number of methoxy groups -OCH3 is 2. The Hall–Kier alpha value is -3.14. The van der Waals surface area contributed by atoms with E-state index in [0.717, 1.165) is 29.0 Å². The number of nitrogens with one attached hydrogen (secondary N) is 1. The van der Waals surface area contributed by atoms with Crippen molar-refractivity contribution < 1.29 is 33.3 Å². The highest BCUT2D eigenvalue weighted by Crippen LogP contribution is 2.35. The molecule has 2 aliphatic rings. The van der Waals surface area contributed by atoms with Gasteiger partial charge in [-0.1, -0.05) is 18.2 Å². The summed E-state index contributed by atoms with van der Waals surface area (Å²) in [5.41, 5.74) is 2.77. The van der Waals surface area contributed by atoms with E-state index in [-0.39, 0.29) is 36.5 Å². The Morgan fingerprint density at radius 2 is 1.97 bits per heavy atom. The van der Waals surface area contributed by atoms with Crippen LogP contribution in [0, 0.1) is 0 Å². The van der Waals surface area contributed by atoms with Crippen LogP contribution in [0.5, 0.6) is 11.5 Å². The summed E-state index contributed by atoms with van der Waals surface area (Å²) >= 11 is 0. The number of ether oxygens (including phenoxy) is 5. The van der Waals surface area contributed by atoms with Gasteiger partial charge in [0.25, 0.3) is 5.91 Å². The third-order valence-corrected chi connectivity index (χ3v) is 6.78. The van der Waals surface area contributed by atoms with Gasteiger partial charge in [-0.3, -0.25) is 9.59 Å². The Morgan fingerprint density at radius 1 is 1.16 bits per heavy atom. The molecule has 200 valence electrons. The number of amides is 1. The van der Waals surface area contributed by atoms with E-state index in [1.54, 1.807) is 19.1 Å². The molecule has 1 N–H and O–H groups in total. The molecule has 9 nitrogen and oxygen atoms in total. The molecule has 0 aliphatic carbocycles. The lowest BCUT2D eigenvalue weighted by molar-refractivity contribution is -0.147. The quantitative estimate of drug-likeness (QED) is 0.363. The number of hydrogen-bond acceptors (Lipinski definition) is 8. The molecule has 1 saturated heterocycles. The second-order valence-corrected chi connectivity index (χ2v) is 9.16. The minimum atomic E-state index is -0.389. The van der Waals surface area contributed by atoms with Gasteiger partial charge in [-0.25, -0.2) is 0 Å². The lowest BCUT2D eigenvalue weighted by Gasteiger charge is -2.36. The van der Waals surface area contributed by atoms with Crippen molar-refractivity contribution in [2.75, 3.05) is 52.0 Å². The summed E-state index contributed by atoms with van der Waals surface area (Å²) in [5.74, 6) is 1.15. The molecule has 37 heavy (non-hydrogen) atoms. The fraction of sp³-hybridized carbons (Fsp3) is 0.500. The van der Waals surface area contributed by atoms with Crippen LogP contribution in [0.25, 0.3) is 0 Å². The number of rotatable bonds is 11. The van der Waals surface area contributed by atoms with Crippen LogP contribution in [0.4, 0.5) is 5.69 Å². The first-order valence-corrected chi connectivity index (χ1v) is 12.7. The zero-order valence-electron chi connectivity index (χ0n) is 21.7. The van der Waals surface area contributed by atoms with Gasteiger partial charge in [0.2, 0.25) is 0 Å². The first-order valence-electron chi connectivity index (χ1n) is 12.7. The van der Waals surface area contributed by atoms with Crippen LogP contribution >= 0.6 is 0 Å². The van der Waals surface area contributed by atoms with E-state index in [1.807, 2.05) is 49.4 Å². The summed E-state index contributed by atoms with van der Waals surface area (Å²) in [7, 11) is 3.29. The highest BCUT2D eigenvalue weighted by molar-refractivity contribution is 5.97. The zero-order chi connectivity index (χ0) is 26.2. The van der Waals surface area contributed by atoms with Crippen molar-refractivity contribution in [2.45, 2.75) is 44.4 Å². The summed E-state index contributed by atoms with van der Waals surface area (Å²) < 4.78 is 27.8. The Morgan fingerprint density at radius 3 is 2.70 bits per heavy atom. The average Bonchev–Trinajstić information content (AvgIpc) is 2.93. The Kier molecular flexibility index (Phi) is 9.38. The maximum absolute atomic E-state index is 12.5. The minimum absolute atomic E-state index is 0.00496. The molecule has 4 rings (SSSR count). The van der Waals surface area contributed by atoms with E-state index < -0.39 is 0 Å². The lowest BCUT2D eigenvalue weighted by atomic mass is 9.84. The first kappa shape index (κ1) is 26.9. The van der Waals surface area contributed by atoms with Crippen molar-refractivity contribution in [3.63, 3.8) is 0 Å². The summed E-state index contributed by atoms with van der Waals surface area (Å²) in [5, 5.41) is 3.29. The molecule has 0 spiro atoms. The number of carbonyl (C=O) groups excluding carboxylic acids is 2. The van der Waals surface area contributed by atoms with Crippen LogP contribution in [-0.4, -0.2) is 71.2 Å². The predicted molar refractivity (Wildman–Crippen MR) is 138 cm³/mol. The van der Waals surface area contributed by atoms with Gasteiger partial charge in [0, 0.05) is 32.7 Å². The zero-order valence-corrected chi connectivity index (χ0v) is 21.7. The molecular weight excluding hydrogens is 476 g/mol. The summed E-state index contributed by atoms with van der Waals surface area (Å²) in [4.78, 5) is 26.7. The smallest absolute Gasteiger partial charge is 0.323 e. The number of nitrogens with zero attached hydrogens (tertiary/aromatic N) is 1. The Labute approximate surface area is 218 Å². The molecule has 2 aliphatic heterocycles. The van der Waals surface area contributed by atoms with Crippen molar-refractivity contribution >= 4 is 17.6 Å². The molecular formula is C28H36N2O7. The van der Waals surface area contributed by atoms with E-state index in [9.17, 15) is 9.59 Å². The molecule has 2 heterocycles. The maximum atomic E-state index is 12.5. The SMILES string of the molecule is CCOC(=O)[C@H]1C[C@H](c2ccc(OC)cc2)[C@@H](OCc2ccc3c(c2)N(CCCOC)C(=O)CO3)CN1. The molecule has 3 atom stereocenters. The van der Waals surface area contributed by atoms with Crippen LogP contribution in [-0.2, 0) is 30.4 Å². The number of fused-ring (bicyclic) bond motifs is 1. The van der Waals surface area contributed by atoms with Crippen LogP contribution in [0.15, 0.2) is 42.5 Å². The first-order chi connectivity index (χ1) is 18.0. The topological polar surface area (TPSA) is 95.6 Å². The highest BCUT2D eigenvalue weighted by atomic mass is 16.5. The monoisotopic (exact) mass is 512 g/mol. The summed E-state index contributed by atoms with van der Waals surface area (Å²) in [6.07, 6.45) is 1.14. The molecule has 0 bridgehead atoms. The van der Waals surface area contributed by atoms with Gasteiger partial charge < -0.3 is 33.9 Å². The lowest BCUT2D eigenvalue weighted by Crippen LogP contribution is -2.51. The van der Waals surface area contributed by atoms with Crippen LogP contribution in [0.1, 0.15) is 36.8 Å². The molecule has 2 aromatic carbocycles. The summed E-state index contributed by atoms with van der Waals surface area (Å²) in [6.45, 7) is 4.20. The van der Waals surface area contributed by atoms with Crippen molar-refractivity contribution in [1.29, 1.82) is 0 Å². The van der Waals surface area contributed by atoms with E-state index in [1.165, 1.54) is 0 Å². The van der Waals surface area contributed by atoms with Gasteiger partial charge in [0.1, 0.15) is 17.5 Å².